The van der Waals surface area contributed by atoms with Gasteiger partial charge in [0.15, 0.2) is 6.33 Å². The second-order valence-electron chi connectivity index (χ2n) is 2.54. The minimum atomic E-state index is -0.285. The van der Waals surface area contributed by atoms with Crippen molar-refractivity contribution in [3.05, 3.63) is 17.7 Å². The van der Waals surface area contributed by atoms with Crippen LogP contribution >= 0.6 is 0 Å². The van der Waals surface area contributed by atoms with Gasteiger partial charge in [-0.1, -0.05) is 0 Å². The van der Waals surface area contributed by atoms with Gasteiger partial charge in [-0.25, -0.2) is 4.98 Å². The van der Waals surface area contributed by atoms with Crippen LogP contribution in [0, 0.1) is 20.2 Å². The monoisotopic (exact) mass is 167 g/mol. The number of nitrogens with zero attached hydrogens (tertiary/aromatic N) is 2. The molecule has 0 fully saturated rings. The highest BCUT2D eigenvalue weighted by atomic mass is 16.5. The molecule has 4 heteroatoms. The highest BCUT2D eigenvalue weighted by molar-refractivity contribution is 5.69. The quantitative estimate of drug-likeness (QED) is 0.601. The Bertz CT molecular complexity index is 291. The van der Waals surface area contributed by atoms with Gasteiger partial charge in [-0.05, 0) is 13.8 Å². The first-order chi connectivity index (χ1) is 5.65. The van der Waals surface area contributed by atoms with E-state index in [0.717, 1.165) is 11.4 Å². The lowest BCUT2D eigenvalue weighted by atomic mass is 10.4. The van der Waals surface area contributed by atoms with Gasteiger partial charge in [0, 0.05) is 5.69 Å². The van der Waals surface area contributed by atoms with E-state index in [9.17, 15) is 4.79 Å². The number of hydrogen-bond donors (Lipinski definition) is 0. The normalized spacial score (nSPS) is 9.92. The van der Waals surface area contributed by atoms with Gasteiger partial charge in [0.1, 0.15) is 6.54 Å². The molecule has 4 nitrogen and oxygen atoms in total. The van der Waals surface area contributed by atoms with Crippen molar-refractivity contribution >= 4 is 5.97 Å². The number of esters is 1. The summed E-state index contributed by atoms with van der Waals surface area (Å²) in [5.74, 6) is -0.285. The highest BCUT2D eigenvalue weighted by Gasteiger charge is 2.06. The standard InChI is InChI=1S/C8H11N2O2/c1-6-7(2)10(5-9-6)4-8(11)12-3/h4H2,1-3H3. The maximum Gasteiger partial charge on any atom is 0.325 e. The second-order valence-corrected chi connectivity index (χ2v) is 2.54. The fourth-order valence-electron chi connectivity index (χ4n) is 0.834. The van der Waals surface area contributed by atoms with E-state index in [2.05, 4.69) is 16.0 Å². The lowest BCUT2D eigenvalue weighted by Gasteiger charge is -2.01. The van der Waals surface area contributed by atoms with Gasteiger partial charge >= 0.3 is 5.97 Å². The molecule has 1 heterocycles. The van der Waals surface area contributed by atoms with Crippen molar-refractivity contribution in [2.45, 2.75) is 20.4 Å². The third-order valence-electron chi connectivity index (χ3n) is 1.78. The number of aryl methyl sites for hydroxylation is 1. The lowest BCUT2D eigenvalue weighted by molar-refractivity contribution is -0.141. The molecule has 0 saturated carbocycles. The summed E-state index contributed by atoms with van der Waals surface area (Å²) in [4.78, 5) is 14.8. The van der Waals surface area contributed by atoms with Gasteiger partial charge in [0.25, 0.3) is 0 Å². The molecule has 0 unspecified atom stereocenters. The number of aromatic nitrogens is 2. The number of ether oxygens (including phenoxy) is 1. The van der Waals surface area contributed by atoms with Crippen molar-refractivity contribution in [3.63, 3.8) is 0 Å². The van der Waals surface area contributed by atoms with Crippen LogP contribution in [0.4, 0.5) is 0 Å². The zero-order chi connectivity index (χ0) is 9.14. The van der Waals surface area contributed by atoms with Crippen LogP contribution in [-0.4, -0.2) is 22.6 Å². The van der Waals surface area contributed by atoms with Crippen molar-refractivity contribution in [1.82, 2.24) is 9.55 Å². The van der Waals surface area contributed by atoms with E-state index in [0.29, 0.717) is 0 Å². The Balaban J connectivity index is 2.76. The fourth-order valence-corrected chi connectivity index (χ4v) is 0.834. The van der Waals surface area contributed by atoms with Gasteiger partial charge in [-0.2, -0.15) is 0 Å². The molecule has 1 radical (unpaired) electrons. The van der Waals surface area contributed by atoms with Gasteiger partial charge in [-0.15, -0.1) is 0 Å². The molecule has 0 N–H and O–H groups in total. The molecule has 0 aromatic carbocycles. The Morgan fingerprint density at radius 1 is 1.67 bits per heavy atom. The second kappa shape index (κ2) is 3.38. The highest BCUT2D eigenvalue weighted by Crippen LogP contribution is 2.02. The predicted molar refractivity (Wildman–Crippen MR) is 42.6 cm³/mol. The van der Waals surface area contributed by atoms with Crippen LogP contribution in [0.3, 0.4) is 0 Å². The van der Waals surface area contributed by atoms with E-state index >= 15 is 0 Å². The van der Waals surface area contributed by atoms with Crippen molar-refractivity contribution in [1.29, 1.82) is 0 Å². The summed E-state index contributed by atoms with van der Waals surface area (Å²) in [5.41, 5.74) is 1.83. The summed E-state index contributed by atoms with van der Waals surface area (Å²) in [6, 6.07) is 0. The van der Waals surface area contributed by atoms with Crippen LogP contribution in [0.2, 0.25) is 0 Å². The van der Waals surface area contributed by atoms with E-state index in [-0.39, 0.29) is 12.5 Å². The molecular formula is C8H11N2O2. The molecule has 0 aliphatic heterocycles. The van der Waals surface area contributed by atoms with Crippen molar-refractivity contribution in [3.8, 4) is 0 Å². The molecule has 12 heavy (non-hydrogen) atoms. The Kier molecular flexibility index (Phi) is 2.47. The van der Waals surface area contributed by atoms with Crippen molar-refractivity contribution in [2.75, 3.05) is 7.11 Å². The lowest BCUT2D eigenvalue weighted by Crippen LogP contribution is -2.12. The number of rotatable bonds is 2. The van der Waals surface area contributed by atoms with Gasteiger partial charge in [0.05, 0.1) is 12.8 Å². The third kappa shape index (κ3) is 1.64. The molecule has 0 saturated heterocycles. The molecule has 0 atom stereocenters. The topological polar surface area (TPSA) is 44.1 Å². The SMILES string of the molecule is COC(=O)Cn1[c]nc(C)c1C. The summed E-state index contributed by atoms with van der Waals surface area (Å²) >= 11 is 0. The Morgan fingerprint density at radius 2 is 2.33 bits per heavy atom. The summed E-state index contributed by atoms with van der Waals surface area (Å²) < 4.78 is 6.15. The maximum atomic E-state index is 10.9. The smallest absolute Gasteiger partial charge is 0.325 e. The molecular weight excluding hydrogens is 156 g/mol. The molecule has 0 aliphatic rings. The number of carbonyl (C=O) groups is 1. The first-order valence-electron chi connectivity index (χ1n) is 3.63. The molecule has 0 aliphatic carbocycles. The third-order valence-corrected chi connectivity index (χ3v) is 1.78. The van der Waals surface area contributed by atoms with Gasteiger partial charge < -0.3 is 9.30 Å². The minimum Gasteiger partial charge on any atom is -0.468 e. The summed E-state index contributed by atoms with van der Waals surface area (Å²) in [6.07, 6.45) is 2.70. The zero-order valence-corrected chi connectivity index (χ0v) is 7.42. The summed E-state index contributed by atoms with van der Waals surface area (Å²) in [6.45, 7) is 3.95. The molecule has 0 amide bonds. The Hall–Kier alpha value is -1.32. The van der Waals surface area contributed by atoms with E-state index in [1.165, 1.54) is 7.11 Å². The number of imidazole rings is 1. The number of carbonyl (C=O) groups excluding carboxylic acids is 1. The molecule has 1 aromatic rings. The van der Waals surface area contributed by atoms with E-state index in [4.69, 9.17) is 0 Å². The molecule has 65 valence electrons. The van der Waals surface area contributed by atoms with Crippen LogP contribution in [0.5, 0.6) is 0 Å². The van der Waals surface area contributed by atoms with Crippen LogP contribution in [0.1, 0.15) is 11.4 Å². The van der Waals surface area contributed by atoms with E-state index in [1.807, 2.05) is 13.8 Å². The fraction of sp³-hybridized carbons (Fsp3) is 0.500. The van der Waals surface area contributed by atoms with Crippen LogP contribution in [0.25, 0.3) is 0 Å². The average molecular weight is 167 g/mol. The number of methoxy groups -OCH3 is 1. The Morgan fingerprint density at radius 3 is 2.75 bits per heavy atom. The molecule has 1 rings (SSSR count). The first kappa shape index (κ1) is 8.77. The summed E-state index contributed by atoms with van der Waals surface area (Å²) in [5, 5.41) is 0. The average Bonchev–Trinajstić information content (AvgIpc) is 2.36. The minimum absolute atomic E-state index is 0.184. The van der Waals surface area contributed by atoms with E-state index in [1.54, 1.807) is 4.57 Å². The molecule has 0 bridgehead atoms. The van der Waals surface area contributed by atoms with Gasteiger partial charge in [-0.3, -0.25) is 4.79 Å². The van der Waals surface area contributed by atoms with Crippen LogP contribution < -0.4 is 0 Å². The van der Waals surface area contributed by atoms with E-state index < -0.39 is 0 Å². The predicted octanol–water partition coefficient (Wildman–Crippen LogP) is 0.473. The largest absolute Gasteiger partial charge is 0.468 e. The van der Waals surface area contributed by atoms with Crippen molar-refractivity contribution in [2.24, 2.45) is 0 Å². The summed E-state index contributed by atoms with van der Waals surface area (Å²) in [7, 11) is 1.36. The van der Waals surface area contributed by atoms with Gasteiger partial charge in [0.2, 0.25) is 0 Å². The Labute approximate surface area is 71.2 Å². The van der Waals surface area contributed by atoms with Crippen molar-refractivity contribution < 1.29 is 9.53 Å². The van der Waals surface area contributed by atoms with Crippen LogP contribution in [0.15, 0.2) is 0 Å². The maximum absolute atomic E-state index is 10.9. The molecule has 1 aromatic heterocycles. The zero-order valence-electron chi connectivity index (χ0n) is 7.42. The number of hydrogen-bond acceptors (Lipinski definition) is 3. The van der Waals surface area contributed by atoms with Crippen LogP contribution in [-0.2, 0) is 16.1 Å². The first-order valence-corrected chi connectivity index (χ1v) is 3.63. The molecule has 0 spiro atoms.